The molecule has 0 aromatic heterocycles. The highest BCUT2D eigenvalue weighted by atomic mass is 19.1. The molecule has 0 amide bonds. The second-order valence-corrected chi connectivity index (χ2v) is 4.88. The van der Waals surface area contributed by atoms with Gasteiger partial charge in [0.25, 0.3) is 0 Å². The molecule has 0 bridgehead atoms. The number of halogens is 1. The summed E-state index contributed by atoms with van der Waals surface area (Å²) in [6.07, 6.45) is -0.338. The minimum Gasteiger partial charge on any atom is -0.392 e. The quantitative estimate of drug-likeness (QED) is 0.890. The van der Waals surface area contributed by atoms with Crippen molar-refractivity contribution in [1.82, 2.24) is 4.90 Å². The van der Waals surface area contributed by atoms with E-state index < -0.39 is 5.82 Å². The van der Waals surface area contributed by atoms with Crippen LogP contribution in [-0.4, -0.2) is 48.8 Å². The highest BCUT2D eigenvalue weighted by molar-refractivity contribution is 5.60. The summed E-state index contributed by atoms with van der Waals surface area (Å²) >= 11 is 0. The monoisotopic (exact) mass is 263 g/mol. The van der Waals surface area contributed by atoms with Crippen LogP contribution in [0.3, 0.4) is 0 Å². The maximum atomic E-state index is 13.6. The molecule has 5 heteroatoms. The van der Waals surface area contributed by atoms with E-state index in [4.69, 9.17) is 5.26 Å². The van der Waals surface area contributed by atoms with Crippen LogP contribution in [-0.2, 0) is 0 Å². The Labute approximate surface area is 112 Å². The number of nitriles is 1. The molecular formula is C14H18FN3O. The number of piperazine rings is 1. The SMILES string of the molecule is C[C@H](O)CN1CCN(c2cccc(F)c2C#N)CC1. The number of hydrogen-bond acceptors (Lipinski definition) is 4. The number of aliphatic hydroxyl groups is 1. The van der Waals surface area contributed by atoms with E-state index in [0.29, 0.717) is 12.2 Å². The van der Waals surface area contributed by atoms with Gasteiger partial charge in [-0.2, -0.15) is 5.26 Å². The van der Waals surface area contributed by atoms with Gasteiger partial charge in [0.1, 0.15) is 17.4 Å². The van der Waals surface area contributed by atoms with Crippen molar-refractivity contribution in [2.24, 2.45) is 0 Å². The van der Waals surface area contributed by atoms with E-state index in [-0.39, 0.29) is 11.7 Å². The summed E-state index contributed by atoms with van der Waals surface area (Å²) in [6.45, 7) is 5.53. The molecule has 0 radical (unpaired) electrons. The van der Waals surface area contributed by atoms with Crippen molar-refractivity contribution in [2.75, 3.05) is 37.6 Å². The fourth-order valence-electron chi connectivity index (χ4n) is 2.43. The molecule has 19 heavy (non-hydrogen) atoms. The number of β-amino-alcohol motifs (C(OH)–C–C–N with tert-alkyl or cyclic N) is 1. The predicted octanol–water partition coefficient (Wildman–Crippen LogP) is 1.20. The van der Waals surface area contributed by atoms with Crippen molar-refractivity contribution in [3.8, 4) is 6.07 Å². The van der Waals surface area contributed by atoms with Gasteiger partial charge in [-0.05, 0) is 19.1 Å². The fourth-order valence-corrected chi connectivity index (χ4v) is 2.43. The topological polar surface area (TPSA) is 50.5 Å². The third-order valence-corrected chi connectivity index (χ3v) is 3.34. The van der Waals surface area contributed by atoms with Gasteiger partial charge in [0, 0.05) is 32.7 Å². The highest BCUT2D eigenvalue weighted by Gasteiger charge is 2.21. The normalized spacial score (nSPS) is 18.1. The number of anilines is 1. The second-order valence-electron chi connectivity index (χ2n) is 4.88. The largest absolute Gasteiger partial charge is 0.392 e. The molecular weight excluding hydrogens is 245 g/mol. The van der Waals surface area contributed by atoms with Crippen molar-refractivity contribution in [3.63, 3.8) is 0 Å². The maximum Gasteiger partial charge on any atom is 0.143 e. The van der Waals surface area contributed by atoms with Crippen LogP contribution in [0.4, 0.5) is 10.1 Å². The average Bonchev–Trinajstić information content (AvgIpc) is 2.38. The number of hydrogen-bond donors (Lipinski definition) is 1. The van der Waals surface area contributed by atoms with Crippen LogP contribution >= 0.6 is 0 Å². The average molecular weight is 263 g/mol. The fraction of sp³-hybridized carbons (Fsp3) is 0.500. The van der Waals surface area contributed by atoms with Crippen LogP contribution in [0.2, 0.25) is 0 Å². The van der Waals surface area contributed by atoms with E-state index in [1.807, 2.05) is 11.0 Å². The molecule has 1 saturated heterocycles. The lowest BCUT2D eigenvalue weighted by Gasteiger charge is -2.36. The minimum absolute atomic E-state index is 0.117. The predicted molar refractivity (Wildman–Crippen MR) is 71.4 cm³/mol. The van der Waals surface area contributed by atoms with E-state index in [0.717, 1.165) is 26.2 Å². The van der Waals surface area contributed by atoms with Gasteiger partial charge in [0.2, 0.25) is 0 Å². The summed E-state index contributed by atoms with van der Waals surface area (Å²) in [7, 11) is 0. The molecule has 1 aliphatic heterocycles. The first-order valence-electron chi connectivity index (χ1n) is 6.46. The molecule has 4 nitrogen and oxygen atoms in total. The second kappa shape index (κ2) is 6.00. The first-order chi connectivity index (χ1) is 9.11. The van der Waals surface area contributed by atoms with Gasteiger partial charge in [0.05, 0.1) is 11.8 Å². The van der Waals surface area contributed by atoms with Crippen LogP contribution in [0.5, 0.6) is 0 Å². The lowest BCUT2D eigenvalue weighted by atomic mass is 10.1. The zero-order chi connectivity index (χ0) is 13.8. The van der Waals surface area contributed by atoms with Gasteiger partial charge in [-0.25, -0.2) is 4.39 Å². The van der Waals surface area contributed by atoms with Gasteiger partial charge in [-0.15, -0.1) is 0 Å². The van der Waals surface area contributed by atoms with Crippen LogP contribution in [0.25, 0.3) is 0 Å². The van der Waals surface area contributed by atoms with Gasteiger partial charge in [-0.1, -0.05) is 6.07 Å². The van der Waals surface area contributed by atoms with E-state index in [9.17, 15) is 9.50 Å². The Hall–Kier alpha value is -1.64. The number of nitrogens with zero attached hydrogens (tertiary/aromatic N) is 3. The molecule has 1 aromatic rings. The van der Waals surface area contributed by atoms with Crippen LogP contribution in [0, 0.1) is 17.1 Å². The molecule has 0 unspecified atom stereocenters. The summed E-state index contributed by atoms with van der Waals surface area (Å²) in [5, 5.41) is 18.4. The molecule has 0 saturated carbocycles. The number of rotatable bonds is 3. The van der Waals surface area contributed by atoms with Gasteiger partial charge in [0.15, 0.2) is 0 Å². The number of benzene rings is 1. The lowest BCUT2D eigenvalue weighted by molar-refractivity contribution is 0.122. The lowest BCUT2D eigenvalue weighted by Crippen LogP contribution is -2.48. The van der Waals surface area contributed by atoms with Gasteiger partial charge < -0.3 is 10.0 Å². The van der Waals surface area contributed by atoms with E-state index in [2.05, 4.69) is 4.90 Å². The molecule has 1 fully saturated rings. The standard InChI is InChI=1S/C14H18FN3O/c1-11(19)10-17-5-7-18(8-6-17)14-4-2-3-13(15)12(14)9-16/h2-4,11,19H,5-8,10H2,1H3/t11-/m0/s1. The first-order valence-corrected chi connectivity index (χ1v) is 6.46. The van der Waals surface area contributed by atoms with Gasteiger partial charge in [-0.3, -0.25) is 4.90 Å². The molecule has 1 atom stereocenters. The Morgan fingerprint density at radius 2 is 2.05 bits per heavy atom. The van der Waals surface area contributed by atoms with Crippen molar-refractivity contribution < 1.29 is 9.50 Å². The molecule has 0 spiro atoms. The van der Waals surface area contributed by atoms with Crippen molar-refractivity contribution in [3.05, 3.63) is 29.6 Å². The Bertz CT molecular complexity index is 476. The van der Waals surface area contributed by atoms with E-state index in [1.54, 1.807) is 19.1 Å². The summed E-state index contributed by atoms with van der Waals surface area (Å²) in [4.78, 5) is 4.20. The van der Waals surface area contributed by atoms with Crippen LogP contribution < -0.4 is 4.90 Å². The van der Waals surface area contributed by atoms with Crippen molar-refractivity contribution >= 4 is 5.69 Å². The third kappa shape index (κ3) is 3.22. The molecule has 0 aliphatic carbocycles. The van der Waals surface area contributed by atoms with E-state index >= 15 is 0 Å². The molecule has 102 valence electrons. The maximum absolute atomic E-state index is 13.6. The minimum atomic E-state index is -0.466. The molecule has 1 heterocycles. The van der Waals surface area contributed by atoms with Crippen LogP contribution in [0.15, 0.2) is 18.2 Å². The number of aliphatic hydroxyl groups excluding tert-OH is 1. The summed E-state index contributed by atoms with van der Waals surface area (Å²) in [5.74, 6) is -0.466. The Kier molecular flexibility index (Phi) is 4.35. The molecule has 1 aromatic carbocycles. The van der Waals surface area contributed by atoms with Gasteiger partial charge >= 0.3 is 0 Å². The summed E-state index contributed by atoms with van der Waals surface area (Å²) in [6, 6.07) is 6.66. The Morgan fingerprint density at radius 1 is 1.37 bits per heavy atom. The van der Waals surface area contributed by atoms with Crippen LogP contribution in [0.1, 0.15) is 12.5 Å². The summed E-state index contributed by atoms with van der Waals surface area (Å²) in [5.41, 5.74) is 0.783. The molecule has 1 aliphatic rings. The highest BCUT2D eigenvalue weighted by Crippen LogP contribution is 2.23. The Morgan fingerprint density at radius 3 is 2.63 bits per heavy atom. The summed E-state index contributed by atoms with van der Waals surface area (Å²) < 4.78 is 13.6. The third-order valence-electron chi connectivity index (χ3n) is 3.34. The molecule has 2 rings (SSSR count). The smallest absolute Gasteiger partial charge is 0.143 e. The van der Waals surface area contributed by atoms with Crippen molar-refractivity contribution in [1.29, 1.82) is 5.26 Å². The zero-order valence-corrected chi connectivity index (χ0v) is 11.0. The Balaban J connectivity index is 2.06. The van der Waals surface area contributed by atoms with Crippen molar-refractivity contribution in [2.45, 2.75) is 13.0 Å². The van der Waals surface area contributed by atoms with E-state index in [1.165, 1.54) is 6.07 Å². The first kappa shape index (κ1) is 13.8. The molecule has 1 N–H and O–H groups in total. The zero-order valence-electron chi connectivity index (χ0n) is 11.0.